The second-order valence-corrected chi connectivity index (χ2v) is 6.11. The van der Waals surface area contributed by atoms with E-state index in [-0.39, 0.29) is 18.5 Å². The molecule has 1 fully saturated rings. The van der Waals surface area contributed by atoms with Crippen molar-refractivity contribution in [3.05, 3.63) is 0 Å². The highest BCUT2D eigenvalue weighted by atomic mass is 16.4. The van der Waals surface area contributed by atoms with E-state index >= 15 is 0 Å². The summed E-state index contributed by atoms with van der Waals surface area (Å²) < 4.78 is 0. The van der Waals surface area contributed by atoms with Gasteiger partial charge >= 0.3 is 12.0 Å². The number of likely N-dealkylation sites (N-methyl/N-ethyl adjacent to an activating group) is 1. The minimum Gasteiger partial charge on any atom is -0.480 e. The van der Waals surface area contributed by atoms with Gasteiger partial charge in [0.25, 0.3) is 0 Å². The molecule has 0 radical (unpaired) electrons. The topological polar surface area (TPSA) is 93.1 Å². The zero-order chi connectivity index (χ0) is 16.2. The Hall–Kier alpha value is -1.34. The normalized spacial score (nSPS) is 25.0. The van der Waals surface area contributed by atoms with E-state index in [1.807, 2.05) is 25.9 Å². The fourth-order valence-corrected chi connectivity index (χ4v) is 2.63. The smallest absolute Gasteiger partial charge is 0.326 e. The molecule has 0 saturated carbocycles. The molecule has 1 heterocycles. The number of β-amino-alcohol motifs (C(OH)–C–C–N with tert-alkyl or cyclic N) is 1. The molecule has 7 nitrogen and oxygen atoms in total. The molecule has 0 spiro atoms. The zero-order valence-corrected chi connectivity index (χ0v) is 13.2. The molecule has 1 rings (SSSR count). The van der Waals surface area contributed by atoms with E-state index in [1.165, 1.54) is 0 Å². The number of hydrogen-bond donors (Lipinski definition) is 3. The molecule has 2 unspecified atom stereocenters. The lowest BCUT2D eigenvalue weighted by Gasteiger charge is -2.29. The summed E-state index contributed by atoms with van der Waals surface area (Å²) in [7, 11) is 3.81. The van der Waals surface area contributed by atoms with Gasteiger partial charge < -0.3 is 25.3 Å². The number of likely N-dealkylation sites (tertiary alicyclic amines) is 1. The molecule has 4 atom stereocenters. The predicted molar refractivity (Wildman–Crippen MR) is 79.1 cm³/mol. The van der Waals surface area contributed by atoms with Gasteiger partial charge in [0, 0.05) is 19.1 Å². The number of aliphatic carboxylic acids is 1. The van der Waals surface area contributed by atoms with Gasteiger partial charge in [0.1, 0.15) is 6.04 Å². The van der Waals surface area contributed by atoms with Gasteiger partial charge in [-0.05, 0) is 26.4 Å². The van der Waals surface area contributed by atoms with Gasteiger partial charge in [-0.3, -0.25) is 0 Å². The average Bonchev–Trinajstić information content (AvgIpc) is 2.74. The van der Waals surface area contributed by atoms with Crippen LogP contribution < -0.4 is 5.32 Å². The maximum Gasteiger partial charge on any atom is 0.326 e. The van der Waals surface area contributed by atoms with E-state index in [0.29, 0.717) is 19.4 Å². The third-order valence-corrected chi connectivity index (χ3v) is 3.99. The van der Waals surface area contributed by atoms with Crippen LogP contribution in [0.15, 0.2) is 0 Å². The van der Waals surface area contributed by atoms with Crippen molar-refractivity contribution in [2.24, 2.45) is 5.92 Å². The molecule has 1 aliphatic heterocycles. The van der Waals surface area contributed by atoms with E-state index < -0.39 is 24.1 Å². The Morgan fingerprint density at radius 1 is 1.43 bits per heavy atom. The monoisotopic (exact) mass is 301 g/mol. The van der Waals surface area contributed by atoms with Crippen LogP contribution in [0.1, 0.15) is 26.7 Å². The van der Waals surface area contributed by atoms with Crippen LogP contribution in [-0.4, -0.2) is 77.4 Å². The fraction of sp³-hybridized carbons (Fsp3) is 0.857. The lowest BCUT2D eigenvalue weighted by Crippen LogP contribution is -2.53. The summed E-state index contributed by atoms with van der Waals surface area (Å²) >= 11 is 0. The molecule has 0 aliphatic carbocycles. The molecule has 7 heteroatoms. The highest BCUT2D eigenvalue weighted by molar-refractivity contribution is 5.83. The molecule has 21 heavy (non-hydrogen) atoms. The third kappa shape index (κ3) is 4.86. The highest BCUT2D eigenvalue weighted by Crippen LogP contribution is 2.19. The van der Waals surface area contributed by atoms with Gasteiger partial charge in [-0.15, -0.1) is 0 Å². The number of rotatable bonds is 6. The van der Waals surface area contributed by atoms with Crippen LogP contribution in [0.2, 0.25) is 0 Å². The predicted octanol–water partition coefficient (Wildman–Crippen LogP) is 0.192. The number of hydrogen-bond acceptors (Lipinski definition) is 4. The number of aliphatic hydroxyl groups excluding tert-OH is 1. The molecule has 0 aromatic rings. The average molecular weight is 301 g/mol. The number of carbonyl (C=O) groups excluding carboxylic acids is 1. The summed E-state index contributed by atoms with van der Waals surface area (Å²) in [6, 6.07) is -1.41. The van der Waals surface area contributed by atoms with Gasteiger partial charge in [-0.2, -0.15) is 0 Å². The van der Waals surface area contributed by atoms with Crippen molar-refractivity contribution in [2.75, 3.05) is 27.2 Å². The molecule has 2 amide bonds. The van der Waals surface area contributed by atoms with Crippen molar-refractivity contribution < 1.29 is 19.8 Å². The van der Waals surface area contributed by atoms with Crippen LogP contribution in [0, 0.1) is 5.92 Å². The summed E-state index contributed by atoms with van der Waals surface area (Å²) in [6.07, 6.45) is 0.640. The van der Waals surface area contributed by atoms with Gasteiger partial charge in [-0.25, -0.2) is 9.59 Å². The van der Waals surface area contributed by atoms with E-state index in [2.05, 4.69) is 5.32 Å². The maximum absolute atomic E-state index is 12.3. The Morgan fingerprint density at radius 2 is 2.05 bits per heavy atom. The molecule has 122 valence electrons. The first-order valence-electron chi connectivity index (χ1n) is 7.39. The Morgan fingerprint density at radius 3 is 2.52 bits per heavy atom. The second-order valence-electron chi connectivity index (χ2n) is 6.11. The van der Waals surface area contributed by atoms with E-state index in [4.69, 9.17) is 0 Å². The molecule has 1 aliphatic rings. The third-order valence-electron chi connectivity index (χ3n) is 3.99. The lowest BCUT2D eigenvalue weighted by molar-refractivity contribution is -0.140. The Bertz CT molecular complexity index is 375. The quantitative estimate of drug-likeness (QED) is 0.651. The molecule has 3 N–H and O–H groups in total. The van der Waals surface area contributed by atoms with Crippen molar-refractivity contribution in [2.45, 2.75) is 44.9 Å². The number of nitrogens with one attached hydrogen (secondary N) is 1. The van der Waals surface area contributed by atoms with Crippen molar-refractivity contribution in [3.63, 3.8) is 0 Å². The van der Waals surface area contributed by atoms with Crippen LogP contribution in [0.25, 0.3) is 0 Å². The SMILES string of the molecule is CC[C@H](C)[C@H](NC(=O)N1CC(O)CC1CN(C)C)C(=O)O. The largest absolute Gasteiger partial charge is 0.480 e. The first-order valence-corrected chi connectivity index (χ1v) is 7.39. The van der Waals surface area contributed by atoms with Crippen molar-refractivity contribution >= 4 is 12.0 Å². The van der Waals surface area contributed by atoms with Gasteiger partial charge in [0.05, 0.1) is 6.10 Å². The lowest BCUT2D eigenvalue weighted by atomic mass is 9.99. The summed E-state index contributed by atoms with van der Waals surface area (Å²) in [6.45, 7) is 4.58. The van der Waals surface area contributed by atoms with Gasteiger partial charge in [-0.1, -0.05) is 20.3 Å². The first kappa shape index (κ1) is 17.7. The maximum atomic E-state index is 12.3. The zero-order valence-electron chi connectivity index (χ0n) is 13.2. The number of carboxylic acids is 1. The number of amides is 2. The van der Waals surface area contributed by atoms with Crippen LogP contribution >= 0.6 is 0 Å². The van der Waals surface area contributed by atoms with Crippen LogP contribution in [0.4, 0.5) is 4.79 Å². The number of urea groups is 1. The molecule has 1 saturated heterocycles. The number of aliphatic hydroxyl groups is 1. The minimum absolute atomic E-state index is 0.0959. The molecular weight excluding hydrogens is 274 g/mol. The van der Waals surface area contributed by atoms with E-state index in [9.17, 15) is 19.8 Å². The highest BCUT2D eigenvalue weighted by Gasteiger charge is 2.36. The fourth-order valence-electron chi connectivity index (χ4n) is 2.63. The summed E-state index contributed by atoms with van der Waals surface area (Å²) in [5.41, 5.74) is 0. The number of carboxylic acid groups (broad SMARTS) is 1. The second kappa shape index (κ2) is 7.61. The molecular formula is C14H27N3O4. The van der Waals surface area contributed by atoms with Crippen LogP contribution in [0.3, 0.4) is 0 Å². The summed E-state index contributed by atoms with van der Waals surface area (Å²) in [5.74, 6) is -1.17. The van der Waals surface area contributed by atoms with Crippen LogP contribution in [-0.2, 0) is 4.79 Å². The standard InChI is InChI=1S/C14H27N3O4/c1-5-9(2)12(13(19)20)15-14(21)17-8-11(18)6-10(17)7-16(3)4/h9-12,18H,5-8H2,1-4H3,(H,15,21)(H,19,20)/t9-,10?,11?,12-/m0/s1. The van der Waals surface area contributed by atoms with Gasteiger partial charge in [0.2, 0.25) is 0 Å². The molecule has 0 aromatic carbocycles. The number of carbonyl (C=O) groups is 2. The van der Waals surface area contributed by atoms with Crippen molar-refractivity contribution in [1.29, 1.82) is 0 Å². The first-order chi connectivity index (χ1) is 9.76. The summed E-state index contributed by atoms with van der Waals surface area (Å²) in [4.78, 5) is 27.1. The molecule has 0 bridgehead atoms. The number of nitrogens with zero attached hydrogens (tertiary/aromatic N) is 2. The molecule has 0 aromatic heterocycles. The minimum atomic E-state index is -1.03. The van der Waals surface area contributed by atoms with Crippen molar-refractivity contribution in [1.82, 2.24) is 15.1 Å². The van der Waals surface area contributed by atoms with Crippen LogP contribution in [0.5, 0.6) is 0 Å². The van der Waals surface area contributed by atoms with E-state index in [0.717, 1.165) is 0 Å². The summed E-state index contributed by atoms with van der Waals surface area (Å²) in [5, 5.41) is 21.6. The van der Waals surface area contributed by atoms with Gasteiger partial charge in [0.15, 0.2) is 0 Å². The van der Waals surface area contributed by atoms with Crippen molar-refractivity contribution in [3.8, 4) is 0 Å². The Balaban J connectivity index is 2.73. The Labute approximate surface area is 125 Å². The van der Waals surface area contributed by atoms with E-state index in [1.54, 1.807) is 11.8 Å². The Kier molecular flexibility index (Phi) is 6.42.